The summed E-state index contributed by atoms with van der Waals surface area (Å²) in [5, 5.41) is 0. The van der Waals surface area contributed by atoms with Crippen LogP contribution >= 0.6 is 0 Å². The summed E-state index contributed by atoms with van der Waals surface area (Å²) in [6.07, 6.45) is 4.16. The van der Waals surface area contributed by atoms with E-state index in [9.17, 15) is 4.79 Å². The topological polar surface area (TPSA) is 38.1 Å². The van der Waals surface area contributed by atoms with Crippen LogP contribution < -0.4 is 0 Å². The third-order valence-corrected chi connectivity index (χ3v) is 2.79. The number of imidazole rings is 1. The highest BCUT2D eigenvalue weighted by Crippen LogP contribution is 2.06. The molecule has 0 saturated heterocycles. The normalized spacial score (nSPS) is 11.7. The van der Waals surface area contributed by atoms with E-state index < -0.39 is 0 Å². The minimum Gasteiger partial charge on any atom is -0.327 e. The molecule has 90 valence electrons. The lowest BCUT2D eigenvalue weighted by Crippen LogP contribution is -2.39. The van der Waals surface area contributed by atoms with Gasteiger partial charge in [-0.1, -0.05) is 0 Å². The summed E-state index contributed by atoms with van der Waals surface area (Å²) >= 11 is 0. The van der Waals surface area contributed by atoms with Crippen LogP contribution in [0.3, 0.4) is 0 Å². The van der Waals surface area contributed by atoms with Crippen LogP contribution in [0.25, 0.3) is 0 Å². The van der Waals surface area contributed by atoms with Crippen LogP contribution in [0.2, 0.25) is 0 Å². The Kier molecular flexibility index (Phi) is 4.68. The molecule has 0 fully saturated rings. The molecule has 4 heteroatoms. The fourth-order valence-corrected chi connectivity index (χ4v) is 1.95. The molecule has 0 N–H and O–H groups in total. The molecule has 16 heavy (non-hydrogen) atoms. The van der Waals surface area contributed by atoms with Crippen LogP contribution in [0.4, 0.5) is 0 Å². The van der Waals surface area contributed by atoms with Crippen molar-refractivity contribution < 1.29 is 4.79 Å². The van der Waals surface area contributed by atoms with E-state index in [1.165, 1.54) is 0 Å². The smallest absolute Gasteiger partial charge is 0.168 e. The Balaban J connectivity index is 2.58. The molecule has 1 aromatic heterocycles. The fraction of sp³-hybridized carbons (Fsp3) is 0.667. The Morgan fingerprint density at radius 3 is 2.50 bits per heavy atom. The van der Waals surface area contributed by atoms with Gasteiger partial charge in [0.25, 0.3) is 0 Å². The van der Waals surface area contributed by atoms with Crippen LogP contribution in [0.15, 0.2) is 12.5 Å². The van der Waals surface area contributed by atoms with Gasteiger partial charge in [-0.2, -0.15) is 0 Å². The molecule has 1 rings (SSSR count). The van der Waals surface area contributed by atoms with Crippen molar-refractivity contribution in [2.75, 3.05) is 6.54 Å². The SMILES string of the molecule is CC(C)N(CCn1cncc1C=O)C(C)C. The second kappa shape index (κ2) is 5.80. The number of aromatic nitrogens is 2. The van der Waals surface area contributed by atoms with Crippen molar-refractivity contribution in [1.29, 1.82) is 0 Å². The van der Waals surface area contributed by atoms with Crippen molar-refractivity contribution in [2.24, 2.45) is 0 Å². The lowest BCUT2D eigenvalue weighted by atomic mass is 10.2. The van der Waals surface area contributed by atoms with Gasteiger partial charge < -0.3 is 4.57 Å². The highest BCUT2D eigenvalue weighted by molar-refractivity contribution is 5.71. The summed E-state index contributed by atoms with van der Waals surface area (Å²) in [5.74, 6) is 0. The number of hydrogen-bond acceptors (Lipinski definition) is 3. The minimum atomic E-state index is 0.517. The molecular formula is C12H21N3O. The molecular weight excluding hydrogens is 202 g/mol. The van der Waals surface area contributed by atoms with Crippen molar-refractivity contribution in [3.05, 3.63) is 18.2 Å². The van der Waals surface area contributed by atoms with E-state index in [2.05, 4.69) is 37.6 Å². The first-order valence-electron chi connectivity index (χ1n) is 5.77. The Labute approximate surface area is 97.3 Å². The molecule has 4 nitrogen and oxygen atoms in total. The van der Waals surface area contributed by atoms with Crippen LogP contribution in [0, 0.1) is 0 Å². The zero-order chi connectivity index (χ0) is 12.1. The largest absolute Gasteiger partial charge is 0.327 e. The third kappa shape index (κ3) is 3.17. The van der Waals surface area contributed by atoms with Gasteiger partial charge in [-0.25, -0.2) is 4.98 Å². The number of carbonyl (C=O) groups excluding carboxylic acids is 1. The molecule has 0 unspecified atom stereocenters. The molecule has 0 saturated carbocycles. The first-order valence-corrected chi connectivity index (χ1v) is 5.77. The second-order valence-electron chi connectivity index (χ2n) is 4.56. The van der Waals surface area contributed by atoms with Crippen molar-refractivity contribution in [3.63, 3.8) is 0 Å². The predicted octanol–water partition coefficient (Wildman–Crippen LogP) is 1.81. The van der Waals surface area contributed by atoms with E-state index in [0.29, 0.717) is 17.8 Å². The number of hydrogen-bond donors (Lipinski definition) is 0. The fourth-order valence-electron chi connectivity index (χ4n) is 1.95. The summed E-state index contributed by atoms with van der Waals surface area (Å²) < 4.78 is 1.89. The van der Waals surface area contributed by atoms with Gasteiger partial charge in [-0.3, -0.25) is 9.69 Å². The van der Waals surface area contributed by atoms with E-state index >= 15 is 0 Å². The first kappa shape index (κ1) is 12.9. The van der Waals surface area contributed by atoms with E-state index in [-0.39, 0.29) is 0 Å². The number of rotatable bonds is 6. The van der Waals surface area contributed by atoms with Gasteiger partial charge in [0.15, 0.2) is 6.29 Å². The highest BCUT2D eigenvalue weighted by atomic mass is 16.1. The molecule has 1 heterocycles. The van der Waals surface area contributed by atoms with Crippen molar-refractivity contribution in [1.82, 2.24) is 14.5 Å². The maximum atomic E-state index is 10.7. The molecule has 0 aromatic carbocycles. The maximum Gasteiger partial charge on any atom is 0.168 e. The second-order valence-corrected chi connectivity index (χ2v) is 4.56. The molecule has 0 radical (unpaired) electrons. The van der Waals surface area contributed by atoms with E-state index in [0.717, 1.165) is 19.4 Å². The predicted molar refractivity (Wildman–Crippen MR) is 64.6 cm³/mol. The van der Waals surface area contributed by atoms with Gasteiger partial charge in [-0.05, 0) is 27.7 Å². The molecule has 0 aliphatic rings. The Hall–Kier alpha value is -1.16. The third-order valence-electron chi connectivity index (χ3n) is 2.79. The standard InChI is InChI=1S/C12H21N3O/c1-10(2)15(11(3)4)6-5-14-9-13-7-12(14)8-16/h7-11H,5-6H2,1-4H3. The lowest BCUT2D eigenvalue weighted by molar-refractivity contribution is 0.111. The summed E-state index contributed by atoms with van der Waals surface area (Å²) in [6.45, 7) is 10.5. The highest BCUT2D eigenvalue weighted by Gasteiger charge is 2.13. The maximum absolute atomic E-state index is 10.7. The van der Waals surface area contributed by atoms with Gasteiger partial charge in [0.2, 0.25) is 0 Å². The summed E-state index contributed by atoms with van der Waals surface area (Å²) in [7, 11) is 0. The monoisotopic (exact) mass is 223 g/mol. The van der Waals surface area contributed by atoms with Gasteiger partial charge in [0.1, 0.15) is 5.69 Å². The van der Waals surface area contributed by atoms with Crippen molar-refractivity contribution in [2.45, 2.75) is 46.3 Å². The van der Waals surface area contributed by atoms with E-state index in [1.54, 1.807) is 12.5 Å². The molecule has 0 aliphatic heterocycles. The Bertz CT molecular complexity index is 323. The first-order chi connectivity index (χ1) is 7.56. The summed E-state index contributed by atoms with van der Waals surface area (Å²) in [5.41, 5.74) is 0.646. The number of aldehydes is 1. The van der Waals surface area contributed by atoms with Gasteiger partial charge in [0, 0.05) is 25.2 Å². The lowest BCUT2D eigenvalue weighted by Gasteiger charge is -2.30. The minimum absolute atomic E-state index is 0.517. The van der Waals surface area contributed by atoms with Crippen LogP contribution in [-0.2, 0) is 6.54 Å². The van der Waals surface area contributed by atoms with Gasteiger partial charge in [-0.15, -0.1) is 0 Å². The molecule has 0 aliphatic carbocycles. The Morgan fingerprint density at radius 2 is 2.00 bits per heavy atom. The molecule has 1 aromatic rings. The van der Waals surface area contributed by atoms with Gasteiger partial charge in [0.05, 0.1) is 12.5 Å². The number of carbonyl (C=O) groups is 1. The zero-order valence-corrected chi connectivity index (χ0v) is 10.6. The van der Waals surface area contributed by atoms with Crippen LogP contribution in [0.1, 0.15) is 38.2 Å². The van der Waals surface area contributed by atoms with Gasteiger partial charge >= 0.3 is 0 Å². The van der Waals surface area contributed by atoms with Crippen molar-refractivity contribution >= 4 is 6.29 Å². The molecule has 0 atom stereocenters. The number of nitrogens with zero attached hydrogens (tertiary/aromatic N) is 3. The van der Waals surface area contributed by atoms with E-state index in [1.807, 2.05) is 4.57 Å². The quantitative estimate of drug-likeness (QED) is 0.690. The molecule has 0 amide bonds. The van der Waals surface area contributed by atoms with E-state index in [4.69, 9.17) is 0 Å². The summed E-state index contributed by atoms with van der Waals surface area (Å²) in [4.78, 5) is 17.1. The van der Waals surface area contributed by atoms with Crippen molar-refractivity contribution in [3.8, 4) is 0 Å². The average molecular weight is 223 g/mol. The summed E-state index contributed by atoms with van der Waals surface area (Å²) in [6, 6.07) is 1.03. The zero-order valence-electron chi connectivity index (χ0n) is 10.6. The van der Waals surface area contributed by atoms with Crippen LogP contribution in [0.5, 0.6) is 0 Å². The molecule has 0 spiro atoms. The molecule has 0 bridgehead atoms. The Morgan fingerprint density at radius 1 is 1.38 bits per heavy atom. The van der Waals surface area contributed by atoms with Crippen LogP contribution in [-0.4, -0.2) is 39.4 Å². The average Bonchev–Trinajstić information content (AvgIpc) is 2.64.